The molecule has 1 saturated heterocycles. The van der Waals surface area contributed by atoms with E-state index in [-0.39, 0.29) is 17.1 Å². The van der Waals surface area contributed by atoms with Gasteiger partial charge in [0.1, 0.15) is 5.52 Å². The lowest BCUT2D eigenvalue weighted by Crippen LogP contribution is -2.44. The Hall–Kier alpha value is -2.68. The van der Waals surface area contributed by atoms with Crippen LogP contribution < -0.4 is 10.2 Å². The van der Waals surface area contributed by atoms with E-state index in [0.717, 1.165) is 37.0 Å². The predicted octanol–water partition coefficient (Wildman–Crippen LogP) is 1.30. The third-order valence-corrected chi connectivity index (χ3v) is 4.75. The van der Waals surface area contributed by atoms with Crippen LogP contribution in [0.3, 0.4) is 0 Å². The van der Waals surface area contributed by atoms with E-state index in [1.54, 1.807) is 18.9 Å². The summed E-state index contributed by atoms with van der Waals surface area (Å²) in [5, 5.41) is 3.17. The maximum absolute atomic E-state index is 12.5. The van der Waals surface area contributed by atoms with Gasteiger partial charge >= 0.3 is 0 Å². The fourth-order valence-corrected chi connectivity index (χ4v) is 3.45. The molecule has 0 unspecified atom stereocenters. The van der Waals surface area contributed by atoms with Gasteiger partial charge in [-0.05, 0) is 24.4 Å². The molecule has 3 aromatic rings. The fourth-order valence-electron chi connectivity index (χ4n) is 3.29. The molecule has 136 valence electrons. The van der Waals surface area contributed by atoms with Gasteiger partial charge in [0.05, 0.1) is 18.6 Å². The Labute approximate surface area is 154 Å². The second kappa shape index (κ2) is 7.28. The SMILES string of the molecule is O=C(NCCc1cnc[nH]1)[C@@H]1CCCN(c2nc(Cl)nc3nc[nH]c23)C1. The first-order valence-electron chi connectivity index (χ1n) is 8.57. The number of carbonyl (C=O) groups is 1. The van der Waals surface area contributed by atoms with E-state index < -0.39 is 0 Å². The number of anilines is 1. The molecule has 0 saturated carbocycles. The van der Waals surface area contributed by atoms with Crippen molar-refractivity contribution in [1.29, 1.82) is 0 Å². The minimum absolute atomic E-state index is 0.0650. The lowest BCUT2D eigenvalue weighted by Gasteiger charge is -2.33. The maximum atomic E-state index is 12.5. The largest absolute Gasteiger partial charge is 0.355 e. The number of nitrogens with zero attached hydrogens (tertiary/aromatic N) is 5. The Morgan fingerprint density at radius 1 is 1.35 bits per heavy atom. The Kier molecular flexibility index (Phi) is 4.70. The van der Waals surface area contributed by atoms with Crippen molar-refractivity contribution in [2.24, 2.45) is 5.92 Å². The zero-order valence-electron chi connectivity index (χ0n) is 14.1. The number of H-pyrrole nitrogens is 2. The van der Waals surface area contributed by atoms with Gasteiger partial charge in [-0.3, -0.25) is 4.79 Å². The van der Waals surface area contributed by atoms with Gasteiger partial charge in [0, 0.05) is 37.9 Å². The first-order valence-corrected chi connectivity index (χ1v) is 8.95. The van der Waals surface area contributed by atoms with Crippen LogP contribution in [0.1, 0.15) is 18.5 Å². The lowest BCUT2D eigenvalue weighted by molar-refractivity contribution is -0.125. The number of halogens is 1. The summed E-state index contributed by atoms with van der Waals surface area (Å²) in [5.41, 5.74) is 2.29. The quantitative estimate of drug-likeness (QED) is 0.580. The van der Waals surface area contributed by atoms with Gasteiger partial charge in [0.15, 0.2) is 11.5 Å². The topological polar surface area (TPSA) is 115 Å². The Morgan fingerprint density at radius 2 is 2.27 bits per heavy atom. The van der Waals surface area contributed by atoms with Gasteiger partial charge in [0.2, 0.25) is 11.2 Å². The van der Waals surface area contributed by atoms with Crippen LogP contribution in [0.5, 0.6) is 0 Å². The Balaban J connectivity index is 1.42. The summed E-state index contributed by atoms with van der Waals surface area (Å²) >= 11 is 6.03. The van der Waals surface area contributed by atoms with E-state index in [0.29, 0.717) is 24.6 Å². The second-order valence-electron chi connectivity index (χ2n) is 6.32. The number of amides is 1. The van der Waals surface area contributed by atoms with Gasteiger partial charge in [-0.25, -0.2) is 9.97 Å². The molecule has 1 aliphatic heterocycles. The van der Waals surface area contributed by atoms with Crippen LogP contribution in [0.4, 0.5) is 5.82 Å². The first kappa shape index (κ1) is 16.8. The summed E-state index contributed by atoms with van der Waals surface area (Å²) in [6.45, 7) is 2.00. The number of nitrogens with one attached hydrogen (secondary N) is 3. The van der Waals surface area contributed by atoms with Crippen molar-refractivity contribution in [2.75, 3.05) is 24.5 Å². The highest BCUT2D eigenvalue weighted by molar-refractivity contribution is 6.28. The fraction of sp³-hybridized carbons (Fsp3) is 0.438. The third kappa shape index (κ3) is 3.48. The molecule has 9 nitrogen and oxygen atoms in total. The van der Waals surface area contributed by atoms with Crippen LogP contribution in [-0.2, 0) is 11.2 Å². The maximum Gasteiger partial charge on any atom is 0.226 e. The van der Waals surface area contributed by atoms with E-state index in [4.69, 9.17) is 11.6 Å². The number of hydrogen-bond acceptors (Lipinski definition) is 6. The van der Waals surface area contributed by atoms with E-state index in [9.17, 15) is 4.79 Å². The van der Waals surface area contributed by atoms with Crippen molar-refractivity contribution < 1.29 is 4.79 Å². The van der Waals surface area contributed by atoms with Crippen LogP contribution in [0.25, 0.3) is 11.2 Å². The summed E-state index contributed by atoms with van der Waals surface area (Å²) in [4.78, 5) is 37.3. The molecule has 1 fully saturated rings. The molecule has 1 aliphatic rings. The molecule has 0 spiro atoms. The second-order valence-corrected chi connectivity index (χ2v) is 6.66. The molecule has 0 radical (unpaired) electrons. The highest BCUT2D eigenvalue weighted by atomic mass is 35.5. The van der Waals surface area contributed by atoms with E-state index in [1.165, 1.54) is 0 Å². The molecule has 26 heavy (non-hydrogen) atoms. The van der Waals surface area contributed by atoms with Gasteiger partial charge in [-0.2, -0.15) is 9.97 Å². The van der Waals surface area contributed by atoms with Crippen LogP contribution >= 0.6 is 11.6 Å². The van der Waals surface area contributed by atoms with Gasteiger partial charge in [-0.1, -0.05) is 0 Å². The highest BCUT2D eigenvalue weighted by Crippen LogP contribution is 2.27. The molecular formula is C16H19ClN8O. The van der Waals surface area contributed by atoms with Crippen molar-refractivity contribution in [1.82, 2.24) is 35.2 Å². The van der Waals surface area contributed by atoms with Crippen molar-refractivity contribution in [3.63, 3.8) is 0 Å². The van der Waals surface area contributed by atoms with E-state index >= 15 is 0 Å². The molecule has 4 rings (SSSR count). The molecule has 1 amide bonds. The number of aromatic amines is 2. The summed E-state index contributed by atoms with van der Waals surface area (Å²) < 4.78 is 0. The number of carbonyl (C=O) groups excluding carboxylic acids is 1. The number of rotatable bonds is 5. The monoisotopic (exact) mass is 374 g/mol. The number of imidazole rings is 2. The standard InChI is InChI=1S/C16H19ClN8O/c17-16-23-13-12(21-9-22-13)14(24-16)25-5-1-2-10(7-25)15(26)19-4-3-11-6-18-8-20-11/h6,8-10H,1-5,7H2,(H,18,20)(H,19,26)(H,21,22,23,24)/t10-/m1/s1. The molecule has 4 heterocycles. The van der Waals surface area contributed by atoms with Crippen molar-refractivity contribution in [3.8, 4) is 0 Å². The molecule has 0 aromatic carbocycles. The predicted molar refractivity (Wildman–Crippen MR) is 96.9 cm³/mol. The minimum atomic E-state index is -0.0859. The Morgan fingerprint density at radius 3 is 3.12 bits per heavy atom. The zero-order valence-corrected chi connectivity index (χ0v) is 14.8. The molecule has 10 heteroatoms. The van der Waals surface area contributed by atoms with Crippen LogP contribution in [0.15, 0.2) is 18.9 Å². The summed E-state index contributed by atoms with van der Waals surface area (Å²) in [6.07, 6.45) is 7.48. The number of hydrogen-bond donors (Lipinski definition) is 3. The van der Waals surface area contributed by atoms with Crippen LogP contribution in [-0.4, -0.2) is 55.4 Å². The number of fused-ring (bicyclic) bond motifs is 1. The summed E-state index contributed by atoms with van der Waals surface area (Å²) in [5.74, 6) is 0.680. The van der Waals surface area contributed by atoms with Crippen LogP contribution in [0, 0.1) is 5.92 Å². The molecule has 1 atom stereocenters. The number of aromatic nitrogens is 6. The molecule has 3 N–H and O–H groups in total. The third-order valence-electron chi connectivity index (χ3n) is 4.58. The summed E-state index contributed by atoms with van der Waals surface area (Å²) in [7, 11) is 0. The van der Waals surface area contributed by atoms with Crippen molar-refractivity contribution in [2.45, 2.75) is 19.3 Å². The van der Waals surface area contributed by atoms with E-state index in [1.807, 2.05) is 0 Å². The molecule has 3 aromatic heterocycles. The normalized spacial score (nSPS) is 17.6. The van der Waals surface area contributed by atoms with Gasteiger partial charge in [-0.15, -0.1) is 0 Å². The molecule has 0 aliphatic carbocycles. The minimum Gasteiger partial charge on any atom is -0.355 e. The molecular weight excluding hydrogens is 356 g/mol. The van der Waals surface area contributed by atoms with Gasteiger partial charge in [0.25, 0.3) is 0 Å². The average Bonchev–Trinajstić information content (AvgIpc) is 3.32. The highest BCUT2D eigenvalue weighted by Gasteiger charge is 2.28. The van der Waals surface area contributed by atoms with Crippen LogP contribution in [0.2, 0.25) is 5.28 Å². The summed E-state index contributed by atoms with van der Waals surface area (Å²) in [6, 6.07) is 0. The number of piperidine rings is 1. The molecule has 0 bridgehead atoms. The van der Waals surface area contributed by atoms with E-state index in [2.05, 4.69) is 40.1 Å². The smallest absolute Gasteiger partial charge is 0.226 e. The lowest BCUT2D eigenvalue weighted by atomic mass is 9.97. The van der Waals surface area contributed by atoms with Gasteiger partial charge < -0.3 is 20.2 Å². The van der Waals surface area contributed by atoms with Crippen molar-refractivity contribution in [3.05, 3.63) is 29.8 Å². The first-order chi connectivity index (χ1) is 12.7. The average molecular weight is 375 g/mol. The Bertz CT molecular complexity index is 893. The zero-order chi connectivity index (χ0) is 17.9. The van der Waals surface area contributed by atoms with Crippen molar-refractivity contribution >= 4 is 34.5 Å².